The van der Waals surface area contributed by atoms with E-state index in [-0.39, 0.29) is 17.9 Å². The van der Waals surface area contributed by atoms with Crippen molar-refractivity contribution >= 4 is 17.6 Å². The minimum Gasteiger partial charge on any atom is -0.444 e. The zero-order chi connectivity index (χ0) is 19.4. The van der Waals surface area contributed by atoms with Crippen molar-refractivity contribution in [3.05, 3.63) is 30.2 Å². The summed E-state index contributed by atoms with van der Waals surface area (Å²) >= 11 is 0. The molecule has 0 radical (unpaired) electrons. The molecule has 0 aromatic carbocycles. The average molecular weight is 373 g/mol. The Kier molecular flexibility index (Phi) is 5.62. The van der Waals surface area contributed by atoms with E-state index in [9.17, 15) is 9.59 Å². The van der Waals surface area contributed by atoms with Crippen molar-refractivity contribution in [1.82, 2.24) is 25.2 Å². The van der Waals surface area contributed by atoms with E-state index < -0.39 is 11.7 Å². The van der Waals surface area contributed by atoms with Gasteiger partial charge in [0.2, 0.25) is 5.91 Å². The van der Waals surface area contributed by atoms with Crippen molar-refractivity contribution in [1.29, 1.82) is 0 Å². The molecule has 2 amide bonds. The number of rotatable bonds is 6. The Morgan fingerprint density at radius 1 is 1.44 bits per heavy atom. The first kappa shape index (κ1) is 19.1. The number of carbonyl (C=O) groups is 2. The van der Waals surface area contributed by atoms with Gasteiger partial charge in [0.05, 0.1) is 0 Å². The van der Waals surface area contributed by atoms with Gasteiger partial charge in [0.1, 0.15) is 11.9 Å². The van der Waals surface area contributed by atoms with E-state index in [0.29, 0.717) is 6.54 Å². The summed E-state index contributed by atoms with van der Waals surface area (Å²) in [5, 5.41) is 9.83. The fraction of sp³-hybridized carbons (Fsp3) is 0.579. The average Bonchev–Trinajstić information content (AvgIpc) is 3.19. The molecule has 0 saturated carbocycles. The maximum Gasteiger partial charge on any atom is 0.407 e. The van der Waals surface area contributed by atoms with Gasteiger partial charge < -0.3 is 15.4 Å². The lowest BCUT2D eigenvalue weighted by atomic mass is 9.97. The van der Waals surface area contributed by atoms with Crippen LogP contribution < -0.4 is 10.6 Å². The monoisotopic (exact) mass is 373 g/mol. The molecule has 0 spiro atoms. The fourth-order valence-corrected chi connectivity index (χ4v) is 3.37. The van der Waals surface area contributed by atoms with Crippen LogP contribution in [0, 0.1) is 5.92 Å². The summed E-state index contributed by atoms with van der Waals surface area (Å²) in [6, 6.07) is 3.96. The van der Waals surface area contributed by atoms with Gasteiger partial charge in [-0.3, -0.25) is 4.79 Å². The van der Waals surface area contributed by atoms with Crippen LogP contribution in [0.4, 0.5) is 4.79 Å². The molecule has 27 heavy (non-hydrogen) atoms. The highest BCUT2D eigenvalue weighted by molar-refractivity contribution is 5.81. The van der Waals surface area contributed by atoms with Gasteiger partial charge in [0, 0.05) is 24.7 Å². The van der Waals surface area contributed by atoms with E-state index in [2.05, 4.69) is 20.7 Å². The topological polar surface area (TPSA) is 97.6 Å². The van der Waals surface area contributed by atoms with E-state index in [1.54, 1.807) is 10.8 Å². The van der Waals surface area contributed by atoms with Gasteiger partial charge in [0.15, 0.2) is 5.65 Å². The molecule has 8 nitrogen and oxygen atoms in total. The second-order valence-electron chi connectivity index (χ2n) is 7.97. The van der Waals surface area contributed by atoms with E-state index in [1.807, 2.05) is 39.1 Å². The van der Waals surface area contributed by atoms with Crippen LogP contribution in [0.1, 0.15) is 45.6 Å². The summed E-state index contributed by atoms with van der Waals surface area (Å²) in [4.78, 5) is 28.2. The number of carbonyl (C=O) groups excluding carboxylic acids is 2. The summed E-state index contributed by atoms with van der Waals surface area (Å²) < 4.78 is 6.98. The largest absolute Gasteiger partial charge is 0.444 e. The molecule has 3 heterocycles. The first-order valence-electron chi connectivity index (χ1n) is 9.36. The van der Waals surface area contributed by atoms with Gasteiger partial charge in [-0.05, 0) is 58.1 Å². The maximum absolute atomic E-state index is 12.2. The molecule has 8 heteroatoms. The summed E-state index contributed by atoms with van der Waals surface area (Å²) in [5.41, 5.74) is 1.48. The number of fused-ring (bicyclic) bond motifs is 1. The molecule has 2 N–H and O–H groups in total. The van der Waals surface area contributed by atoms with E-state index in [4.69, 9.17) is 4.74 Å². The number of hydrogen-bond acceptors (Lipinski definition) is 5. The quantitative estimate of drug-likeness (QED) is 0.808. The molecule has 3 rings (SSSR count). The van der Waals surface area contributed by atoms with Crippen LogP contribution in [0.25, 0.3) is 5.65 Å². The van der Waals surface area contributed by atoms with Crippen LogP contribution in [0.3, 0.4) is 0 Å². The Bertz CT molecular complexity index is 811. The van der Waals surface area contributed by atoms with Gasteiger partial charge in [-0.25, -0.2) is 14.3 Å². The summed E-state index contributed by atoms with van der Waals surface area (Å²) in [7, 11) is 0. The molecule has 2 aromatic heterocycles. The predicted octanol–water partition coefficient (Wildman–Crippen LogP) is 2.08. The molecule has 2 atom stereocenters. The van der Waals surface area contributed by atoms with E-state index >= 15 is 0 Å². The number of aryl methyl sites for hydroxylation is 1. The maximum atomic E-state index is 12.2. The minimum absolute atomic E-state index is 0.0203. The Balaban J connectivity index is 1.43. The normalized spacial score (nSPS) is 19.9. The van der Waals surface area contributed by atoms with Crippen LogP contribution in [0.5, 0.6) is 0 Å². The van der Waals surface area contributed by atoms with Crippen LogP contribution in [-0.2, 0) is 16.0 Å². The molecule has 2 unspecified atom stereocenters. The SMILES string of the molecule is CC(C)(C)OC(=O)NCC1CC(CCCc2cccn3ncnc23)C(=O)N1. The third kappa shape index (κ3) is 5.18. The summed E-state index contributed by atoms with van der Waals surface area (Å²) in [5.74, 6) is 0.0414. The Morgan fingerprint density at radius 3 is 3.04 bits per heavy atom. The number of pyridine rings is 1. The zero-order valence-corrected chi connectivity index (χ0v) is 16.1. The van der Waals surface area contributed by atoms with Crippen molar-refractivity contribution < 1.29 is 14.3 Å². The second-order valence-corrected chi connectivity index (χ2v) is 7.97. The van der Waals surface area contributed by atoms with Crippen molar-refractivity contribution in [2.24, 2.45) is 5.92 Å². The van der Waals surface area contributed by atoms with Gasteiger partial charge in [-0.15, -0.1) is 0 Å². The number of ether oxygens (including phenoxy) is 1. The minimum atomic E-state index is -0.529. The second kappa shape index (κ2) is 7.94. The third-order valence-electron chi connectivity index (χ3n) is 4.56. The third-order valence-corrected chi connectivity index (χ3v) is 4.56. The van der Waals surface area contributed by atoms with Crippen molar-refractivity contribution in [2.45, 2.75) is 58.1 Å². The smallest absolute Gasteiger partial charge is 0.407 e. The zero-order valence-electron chi connectivity index (χ0n) is 16.1. The molecule has 0 bridgehead atoms. The number of aromatic nitrogens is 3. The number of nitrogens with zero attached hydrogens (tertiary/aromatic N) is 3. The lowest BCUT2D eigenvalue weighted by Crippen LogP contribution is -2.40. The fourth-order valence-electron chi connectivity index (χ4n) is 3.37. The van der Waals surface area contributed by atoms with Gasteiger partial charge in [-0.1, -0.05) is 6.07 Å². The molecule has 1 aliphatic heterocycles. The lowest BCUT2D eigenvalue weighted by Gasteiger charge is -2.20. The summed E-state index contributed by atoms with van der Waals surface area (Å²) in [6.07, 6.45) is 6.25. The molecular formula is C19H27N5O3. The first-order chi connectivity index (χ1) is 12.8. The molecule has 2 aromatic rings. The molecule has 146 valence electrons. The molecular weight excluding hydrogens is 346 g/mol. The molecule has 1 saturated heterocycles. The van der Waals surface area contributed by atoms with Crippen molar-refractivity contribution in [3.63, 3.8) is 0 Å². The Labute approximate surface area is 158 Å². The molecule has 1 fully saturated rings. The highest BCUT2D eigenvalue weighted by atomic mass is 16.6. The number of hydrogen-bond donors (Lipinski definition) is 2. The lowest BCUT2D eigenvalue weighted by molar-refractivity contribution is -0.122. The Morgan fingerprint density at radius 2 is 2.26 bits per heavy atom. The number of nitrogens with one attached hydrogen (secondary N) is 2. The number of amides is 2. The van der Waals surface area contributed by atoms with Gasteiger partial charge in [0.25, 0.3) is 0 Å². The number of alkyl carbamates (subject to hydrolysis) is 1. The van der Waals surface area contributed by atoms with Crippen LogP contribution in [0.15, 0.2) is 24.7 Å². The van der Waals surface area contributed by atoms with Crippen LogP contribution >= 0.6 is 0 Å². The standard InChI is InChI=1S/C19H27N5O3/c1-19(2,3)27-18(26)20-11-15-10-14(17(25)23-15)7-4-6-13-8-5-9-24-16(13)21-12-22-24/h5,8-9,12,14-15H,4,6-7,10-11H2,1-3H3,(H,20,26)(H,23,25). The summed E-state index contributed by atoms with van der Waals surface area (Å²) in [6.45, 7) is 5.84. The predicted molar refractivity (Wildman–Crippen MR) is 100 cm³/mol. The highest BCUT2D eigenvalue weighted by Gasteiger charge is 2.31. The van der Waals surface area contributed by atoms with Gasteiger partial charge in [-0.2, -0.15) is 5.10 Å². The van der Waals surface area contributed by atoms with Crippen LogP contribution in [0.2, 0.25) is 0 Å². The van der Waals surface area contributed by atoms with Crippen molar-refractivity contribution in [2.75, 3.05) is 6.54 Å². The van der Waals surface area contributed by atoms with Crippen molar-refractivity contribution in [3.8, 4) is 0 Å². The molecule has 1 aliphatic rings. The molecule has 0 aliphatic carbocycles. The first-order valence-corrected chi connectivity index (χ1v) is 9.36. The van der Waals surface area contributed by atoms with E-state index in [1.165, 1.54) is 0 Å². The van der Waals surface area contributed by atoms with Crippen LogP contribution in [-0.4, -0.2) is 44.8 Å². The van der Waals surface area contributed by atoms with Gasteiger partial charge >= 0.3 is 6.09 Å². The Hall–Kier alpha value is -2.64. The van der Waals surface area contributed by atoms with E-state index in [0.717, 1.165) is 36.9 Å². The highest BCUT2D eigenvalue weighted by Crippen LogP contribution is 2.22.